The van der Waals surface area contributed by atoms with Gasteiger partial charge in [0.15, 0.2) is 0 Å². The van der Waals surface area contributed by atoms with Gasteiger partial charge in [0, 0.05) is 18.0 Å². The van der Waals surface area contributed by atoms with Crippen molar-refractivity contribution in [3.63, 3.8) is 0 Å². The highest BCUT2D eigenvalue weighted by Crippen LogP contribution is 2.37. The van der Waals surface area contributed by atoms with Crippen molar-refractivity contribution in [3.05, 3.63) is 0 Å². The first-order valence-corrected chi connectivity index (χ1v) is 6.89. The summed E-state index contributed by atoms with van der Waals surface area (Å²) in [5.74, 6) is 0.354. The van der Waals surface area contributed by atoms with Crippen LogP contribution in [-0.4, -0.2) is 42.9 Å². The second-order valence-electron chi connectivity index (χ2n) is 5.90. The summed E-state index contributed by atoms with van der Waals surface area (Å²) in [7, 11) is 4.31. The van der Waals surface area contributed by atoms with Gasteiger partial charge in [0.2, 0.25) is 0 Å². The van der Waals surface area contributed by atoms with E-state index < -0.39 is 0 Å². The lowest BCUT2D eigenvalue weighted by atomic mass is 9.89. The molecule has 0 bridgehead atoms. The molecule has 0 aromatic heterocycles. The second-order valence-corrected chi connectivity index (χ2v) is 5.90. The molecule has 17 heavy (non-hydrogen) atoms. The fourth-order valence-corrected chi connectivity index (χ4v) is 2.73. The van der Waals surface area contributed by atoms with E-state index in [1.165, 1.54) is 25.7 Å². The Balaban J connectivity index is 2.35. The Hall–Kier alpha value is -0.410. The van der Waals surface area contributed by atoms with Gasteiger partial charge >= 0.3 is 0 Å². The third kappa shape index (κ3) is 4.40. The number of nitrogens with one attached hydrogen (secondary N) is 1. The number of ketones is 1. The van der Waals surface area contributed by atoms with Crippen LogP contribution in [0, 0.1) is 0 Å². The van der Waals surface area contributed by atoms with Crippen LogP contribution >= 0.6 is 0 Å². The molecule has 0 aromatic carbocycles. The molecule has 1 rings (SSSR count). The van der Waals surface area contributed by atoms with E-state index >= 15 is 0 Å². The molecule has 0 spiro atoms. The number of carbonyl (C=O) groups excluding carboxylic acids is 1. The Morgan fingerprint density at radius 2 is 1.88 bits per heavy atom. The lowest BCUT2D eigenvalue weighted by Crippen LogP contribution is -2.42. The number of rotatable bonds is 7. The van der Waals surface area contributed by atoms with Crippen LogP contribution in [0.5, 0.6) is 0 Å². The molecule has 0 heterocycles. The van der Waals surface area contributed by atoms with Crippen LogP contribution in [0.2, 0.25) is 0 Å². The largest absolute Gasteiger partial charge is 0.308 e. The topological polar surface area (TPSA) is 32.3 Å². The first-order chi connectivity index (χ1) is 7.96. The van der Waals surface area contributed by atoms with E-state index in [0.29, 0.717) is 23.9 Å². The van der Waals surface area contributed by atoms with Crippen LogP contribution < -0.4 is 5.32 Å². The molecular formula is C14H28N2O. The summed E-state index contributed by atoms with van der Waals surface area (Å²) in [5.41, 5.74) is 0.299. The lowest BCUT2D eigenvalue weighted by Gasteiger charge is -2.36. The average Bonchev–Trinajstić information content (AvgIpc) is 2.73. The third-order valence-corrected chi connectivity index (χ3v) is 4.06. The van der Waals surface area contributed by atoms with Crippen LogP contribution in [0.3, 0.4) is 0 Å². The van der Waals surface area contributed by atoms with Gasteiger partial charge in [-0.05, 0) is 33.4 Å². The number of Topliss-reactive ketones (excluding diaryl/α,β-unsaturated/α-hetero) is 1. The minimum Gasteiger partial charge on any atom is -0.308 e. The Bertz CT molecular complexity index is 243. The zero-order valence-electron chi connectivity index (χ0n) is 11.9. The standard InChI is InChI=1S/C14H28N2O/c1-12(2)15-11-13(17)7-10-14(16(3)4)8-5-6-9-14/h12,15H,5-11H2,1-4H3. The second kappa shape index (κ2) is 6.50. The van der Waals surface area contributed by atoms with Crippen LogP contribution in [0.4, 0.5) is 0 Å². The fraction of sp³-hybridized carbons (Fsp3) is 0.929. The number of nitrogens with zero attached hydrogens (tertiary/aromatic N) is 1. The van der Waals surface area contributed by atoms with Crippen LogP contribution in [-0.2, 0) is 4.79 Å². The number of hydrogen-bond donors (Lipinski definition) is 1. The zero-order valence-corrected chi connectivity index (χ0v) is 11.9. The van der Waals surface area contributed by atoms with Gasteiger partial charge < -0.3 is 10.2 Å². The van der Waals surface area contributed by atoms with Crippen LogP contribution in [0.25, 0.3) is 0 Å². The molecule has 3 heteroatoms. The quantitative estimate of drug-likeness (QED) is 0.740. The van der Waals surface area contributed by atoms with Crippen molar-refractivity contribution in [2.45, 2.75) is 64.0 Å². The highest BCUT2D eigenvalue weighted by atomic mass is 16.1. The molecule has 0 radical (unpaired) electrons. The number of carbonyl (C=O) groups is 1. The zero-order chi connectivity index (χ0) is 12.9. The minimum absolute atomic E-state index is 0.299. The van der Waals surface area contributed by atoms with Gasteiger partial charge in [0.05, 0.1) is 6.54 Å². The first kappa shape index (κ1) is 14.7. The predicted octanol–water partition coefficient (Wildman–Crippen LogP) is 2.21. The SMILES string of the molecule is CC(C)NCC(=O)CCC1(N(C)C)CCCC1. The summed E-state index contributed by atoms with van der Waals surface area (Å²) in [4.78, 5) is 14.1. The van der Waals surface area contributed by atoms with E-state index in [2.05, 4.69) is 38.2 Å². The van der Waals surface area contributed by atoms with Crippen molar-refractivity contribution in [2.75, 3.05) is 20.6 Å². The molecule has 0 unspecified atom stereocenters. The maximum atomic E-state index is 11.8. The Morgan fingerprint density at radius 1 is 1.29 bits per heavy atom. The maximum Gasteiger partial charge on any atom is 0.146 e. The van der Waals surface area contributed by atoms with Crippen molar-refractivity contribution in [3.8, 4) is 0 Å². The van der Waals surface area contributed by atoms with E-state index in [0.717, 1.165) is 12.8 Å². The first-order valence-electron chi connectivity index (χ1n) is 6.89. The number of hydrogen-bond acceptors (Lipinski definition) is 3. The van der Waals surface area contributed by atoms with E-state index in [4.69, 9.17) is 0 Å². The molecule has 1 saturated carbocycles. The van der Waals surface area contributed by atoms with Gasteiger partial charge in [-0.25, -0.2) is 0 Å². The van der Waals surface area contributed by atoms with Gasteiger partial charge in [0.1, 0.15) is 5.78 Å². The summed E-state index contributed by atoms with van der Waals surface area (Å²) in [6.07, 6.45) is 6.89. The summed E-state index contributed by atoms with van der Waals surface area (Å²) in [6.45, 7) is 4.68. The summed E-state index contributed by atoms with van der Waals surface area (Å²) >= 11 is 0. The molecule has 0 aliphatic heterocycles. The normalized spacial score (nSPS) is 19.2. The summed E-state index contributed by atoms with van der Waals surface area (Å²) < 4.78 is 0. The molecule has 1 aliphatic rings. The molecule has 100 valence electrons. The van der Waals surface area contributed by atoms with Gasteiger partial charge in [-0.1, -0.05) is 26.7 Å². The predicted molar refractivity (Wildman–Crippen MR) is 72.3 cm³/mol. The van der Waals surface area contributed by atoms with Gasteiger partial charge in [0.25, 0.3) is 0 Å². The van der Waals surface area contributed by atoms with E-state index in [1.807, 2.05) is 0 Å². The third-order valence-electron chi connectivity index (χ3n) is 4.06. The smallest absolute Gasteiger partial charge is 0.146 e. The molecular weight excluding hydrogens is 212 g/mol. The molecule has 3 nitrogen and oxygen atoms in total. The summed E-state index contributed by atoms with van der Waals surface area (Å²) in [6, 6.07) is 0.397. The molecule has 0 saturated heterocycles. The highest BCUT2D eigenvalue weighted by Gasteiger charge is 2.35. The molecule has 1 N–H and O–H groups in total. The van der Waals surface area contributed by atoms with Crippen molar-refractivity contribution >= 4 is 5.78 Å². The molecule has 0 atom stereocenters. The molecule has 0 amide bonds. The van der Waals surface area contributed by atoms with E-state index in [1.54, 1.807) is 0 Å². The Morgan fingerprint density at radius 3 is 2.35 bits per heavy atom. The van der Waals surface area contributed by atoms with Crippen molar-refractivity contribution in [2.24, 2.45) is 0 Å². The lowest BCUT2D eigenvalue weighted by molar-refractivity contribution is -0.119. The van der Waals surface area contributed by atoms with Crippen LogP contribution in [0.1, 0.15) is 52.4 Å². The van der Waals surface area contributed by atoms with Gasteiger partial charge in [-0.3, -0.25) is 4.79 Å². The van der Waals surface area contributed by atoms with Crippen molar-refractivity contribution in [1.82, 2.24) is 10.2 Å². The molecule has 1 fully saturated rings. The van der Waals surface area contributed by atoms with E-state index in [-0.39, 0.29) is 0 Å². The average molecular weight is 240 g/mol. The van der Waals surface area contributed by atoms with Crippen molar-refractivity contribution < 1.29 is 4.79 Å². The summed E-state index contributed by atoms with van der Waals surface area (Å²) in [5, 5.41) is 3.20. The van der Waals surface area contributed by atoms with E-state index in [9.17, 15) is 4.79 Å². The van der Waals surface area contributed by atoms with Gasteiger partial charge in [-0.15, -0.1) is 0 Å². The minimum atomic E-state index is 0.299. The maximum absolute atomic E-state index is 11.8. The molecule has 1 aliphatic carbocycles. The van der Waals surface area contributed by atoms with Crippen molar-refractivity contribution in [1.29, 1.82) is 0 Å². The monoisotopic (exact) mass is 240 g/mol. The Kier molecular flexibility index (Phi) is 5.60. The fourth-order valence-electron chi connectivity index (χ4n) is 2.73. The molecule has 0 aromatic rings. The van der Waals surface area contributed by atoms with Gasteiger partial charge in [-0.2, -0.15) is 0 Å². The Labute approximate surface area is 106 Å². The van der Waals surface area contributed by atoms with Crippen LogP contribution in [0.15, 0.2) is 0 Å². The highest BCUT2D eigenvalue weighted by molar-refractivity contribution is 5.80.